The predicted octanol–water partition coefficient (Wildman–Crippen LogP) is 4.78. The number of amides is 1. The maximum absolute atomic E-state index is 12.8. The lowest BCUT2D eigenvalue weighted by Gasteiger charge is -2.20. The maximum Gasteiger partial charge on any atom is 0.416 e. The third kappa shape index (κ3) is 4.18. The van der Waals surface area contributed by atoms with Crippen molar-refractivity contribution in [2.24, 2.45) is 0 Å². The Morgan fingerprint density at radius 2 is 1.60 bits per heavy atom. The third-order valence-corrected chi connectivity index (χ3v) is 4.41. The average Bonchev–Trinajstić information content (AvgIpc) is 2.90. The van der Waals surface area contributed by atoms with E-state index in [2.05, 4.69) is 4.98 Å². The van der Waals surface area contributed by atoms with Gasteiger partial charge in [-0.3, -0.25) is 9.78 Å². The summed E-state index contributed by atoms with van der Waals surface area (Å²) < 4.78 is 38.4. The van der Waals surface area contributed by atoms with Gasteiger partial charge in [-0.25, -0.2) is 0 Å². The molecule has 0 N–H and O–H groups in total. The molecule has 0 aliphatic carbocycles. The van der Waals surface area contributed by atoms with Crippen LogP contribution in [0, 0.1) is 0 Å². The lowest BCUT2D eigenvalue weighted by atomic mass is 10.1. The number of likely N-dealkylation sites (tertiary alicyclic amines) is 1. The number of halogens is 3. The zero-order valence-electron chi connectivity index (χ0n) is 13.7. The monoisotopic (exact) mass is 348 g/mol. The highest BCUT2D eigenvalue weighted by Gasteiger charge is 2.30. The largest absolute Gasteiger partial charge is 0.416 e. The van der Waals surface area contributed by atoms with Crippen molar-refractivity contribution in [2.45, 2.75) is 31.9 Å². The van der Waals surface area contributed by atoms with Crippen LogP contribution in [0.15, 0.2) is 42.6 Å². The molecule has 3 rings (SSSR count). The third-order valence-electron chi connectivity index (χ3n) is 4.41. The average molecular weight is 348 g/mol. The number of benzene rings is 1. The standard InChI is InChI=1S/C19H19F3N2O/c20-19(21,22)16-9-10-23-17(13-16)14-5-7-15(8-6-14)18(25)24-11-3-1-2-4-12-24/h5-10,13H,1-4,11-12H2. The van der Waals surface area contributed by atoms with Crippen LogP contribution in [0.1, 0.15) is 41.6 Å². The van der Waals surface area contributed by atoms with E-state index in [-0.39, 0.29) is 11.6 Å². The summed E-state index contributed by atoms with van der Waals surface area (Å²) in [5.74, 6) is -0.0227. The number of carbonyl (C=O) groups is 1. The van der Waals surface area contributed by atoms with Crippen molar-refractivity contribution in [3.63, 3.8) is 0 Å². The minimum atomic E-state index is -4.40. The Balaban J connectivity index is 1.79. The quantitative estimate of drug-likeness (QED) is 0.782. The smallest absolute Gasteiger partial charge is 0.339 e. The molecule has 1 saturated heterocycles. The molecule has 25 heavy (non-hydrogen) atoms. The predicted molar refractivity (Wildman–Crippen MR) is 89.0 cm³/mol. The number of aromatic nitrogens is 1. The number of alkyl halides is 3. The fourth-order valence-electron chi connectivity index (χ4n) is 3.00. The van der Waals surface area contributed by atoms with Crippen LogP contribution in [0.25, 0.3) is 11.3 Å². The molecule has 1 aromatic carbocycles. The Labute approximate surface area is 144 Å². The fourth-order valence-corrected chi connectivity index (χ4v) is 3.00. The fraction of sp³-hybridized carbons (Fsp3) is 0.368. The van der Waals surface area contributed by atoms with E-state index in [9.17, 15) is 18.0 Å². The van der Waals surface area contributed by atoms with Gasteiger partial charge in [0.2, 0.25) is 0 Å². The Morgan fingerprint density at radius 1 is 0.960 bits per heavy atom. The van der Waals surface area contributed by atoms with Crippen LogP contribution in [-0.4, -0.2) is 28.9 Å². The van der Waals surface area contributed by atoms with Gasteiger partial charge >= 0.3 is 6.18 Å². The zero-order chi connectivity index (χ0) is 17.9. The molecule has 0 saturated carbocycles. The van der Waals surface area contributed by atoms with Crippen molar-refractivity contribution in [2.75, 3.05) is 13.1 Å². The summed E-state index contributed by atoms with van der Waals surface area (Å²) in [6.45, 7) is 1.52. The molecule has 1 fully saturated rings. The molecule has 0 atom stereocenters. The molecule has 1 aromatic heterocycles. The van der Waals surface area contributed by atoms with Gasteiger partial charge in [0.05, 0.1) is 11.3 Å². The molecule has 0 unspecified atom stereocenters. The molecule has 0 bridgehead atoms. The molecule has 2 heterocycles. The van der Waals surface area contributed by atoms with E-state index in [1.165, 1.54) is 0 Å². The first-order valence-corrected chi connectivity index (χ1v) is 8.38. The summed E-state index contributed by atoms with van der Waals surface area (Å²) in [6, 6.07) is 8.57. The first kappa shape index (κ1) is 17.5. The van der Waals surface area contributed by atoms with Gasteiger partial charge in [-0.05, 0) is 37.1 Å². The minimum Gasteiger partial charge on any atom is -0.339 e. The van der Waals surface area contributed by atoms with E-state index in [0.717, 1.165) is 57.1 Å². The van der Waals surface area contributed by atoms with E-state index < -0.39 is 11.7 Å². The van der Waals surface area contributed by atoms with E-state index >= 15 is 0 Å². The highest BCUT2D eigenvalue weighted by atomic mass is 19.4. The van der Waals surface area contributed by atoms with Crippen LogP contribution in [0.4, 0.5) is 13.2 Å². The Bertz CT molecular complexity index is 733. The molecule has 0 spiro atoms. The lowest BCUT2D eigenvalue weighted by molar-refractivity contribution is -0.137. The van der Waals surface area contributed by atoms with E-state index in [4.69, 9.17) is 0 Å². The van der Waals surface area contributed by atoms with Gasteiger partial charge < -0.3 is 4.90 Å². The van der Waals surface area contributed by atoms with Gasteiger partial charge in [-0.1, -0.05) is 25.0 Å². The summed E-state index contributed by atoms with van der Waals surface area (Å²) in [6.07, 6.45) is 1.05. The molecule has 1 aliphatic heterocycles. The topological polar surface area (TPSA) is 33.2 Å². The van der Waals surface area contributed by atoms with Crippen LogP contribution in [0.3, 0.4) is 0 Å². The molecule has 1 aliphatic rings. The Morgan fingerprint density at radius 3 is 2.20 bits per heavy atom. The second-order valence-electron chi connectivity index (χ2n) is 6.21. The highest BCUT2D eigenvalue weighted by Crippen LogP contribution is 2.31. The van der Waals surface area contributed by atoms with Crippen molar-refractivity contribution in [3.05, 3.63) is 53.7 Å². The molecular formula is C19H19F3N2O. The molecule has 2 aromatic rings. The van der Waals surface area contributed by atoms with Crippen LogP contribution in [0.5, 0.6) is 0 Å². The summed E-state index contributed by atoms with van der Waals surface area (Å²) in [7, 11) is 0. The molecule has 132 valence electrons. The van der Waals surface area contributed by atoms with Crippen molar-refractivity contribution in [1.82, 2.24) is 9.88 Å². The molecule has 3 nitrogen and oxygen atoms in total. The first-order chi connectivity index (χ1) is 11.9. The Hall–Kier alpha value is -2.37. The lowest BCUT2D eigenvalue weighted by Crippen LogP contribution is -2.31. The van der Waals surface area contributed by atoms with Gasteiger partial charge in [-0.2, -0.15) is 13.2 Å². The molecular weight excluding hydrogens is 329 g/mol. The summed E-state index contributed by atoms with van der Waals surface area (Å²) in [5, 5.41) is 0. The van der Waals surface area contributed by atoms with E-state index in [1.54, 1.807) is 24.3 Å². The van der Waals surface area contributed by atoms with Crippen LogP contribution >= 0.6 is 0 Å². The Kier molecular flexibility index (Phi) is 5.06. The van der Waals surface area contributed by atoms with E-state index in [1.807, 2.05) is 4.90 Å². The first-order valence-electron chi connectivity index (χ1n) is 8.38. The summed E-state index contributed by atoms with van der Waals surface area (Å²) in [5.41, 5.74) is 0.613. The zero-order valence-corrected chi connectivity index (χ0v) is 13.7. The van der Waals surface area contributed by atoms with Crippen LogP contribution in [-0.2, 0) is 6.18 Å². The van der Waals surface area contributed by atoms with E-state index in [0.29, 0.717) is 11.1 Å². The SMILES string of the molecule is O=C(c1ccc(-c2cc(C(F)(F)F)ccn2)cc1)N1CCCCCC1. The number of hydrogen-bond donors (Lipinski definition) is 0. The highest BCUT2D eigenvalue weighted by molar-refractivity contribution is 5.94. The summed E-state index contributed by atoms with van der Waals surface area (Å²) >= 11 is 0. The number of hydrogen-bond acceptors (Lipinski definition) is 2. The number of nitrogens with zero attached hydrogens (tertiary/aromatic N) is 2. The van der Waals surface area contributed by atoms with Crippen molar-refractivity contribution in [3.8, 4) is 11.3 Å². The molecule has 0 radical (unpaired) electrons. The van der Waals surface area contributed by atoms with Gasteiger partial charge in [0.15, 0.2) is 0 Å². The number of pyridine rings is 1. The van der Waals surface area contributed by atoms with Gasteiger partial charge in [0.1, 0.15) is 0 Å². The normalized spacial score (nSPS) is 15.7. The second-order valence-corrected chi connectivity index (χ2v) is 6.21. The van der Waals surface area contributed by atoms with Gasteiger partial charge in [-0.15, -0.1) is 0 Å². The second kappa shape index (κ2) is 7.25. The maximum atomic E-state index is 12.8. The summed E-state index contributed by atoms with van der Waals surface area (Å²) in [4.78, 5) is 18.4. The van der Waals surface area contributed by atoms with Gasteiger partial charge in [0, 0.05) is 30.4 Å². The minimum absolute atomic E-state index is 0.0227. The van der Waals surface area contributed by atoms with Crippen LogP contribution < -0.4 is 0 Å². The van der Waals surface area contributed by atoms with Crippen LogP contribution in [0.2, 0.25) is 0 Å². The van der Waals surface area contributed by atoms with Crippen molar-refractivity contribution >= 4 is 5.91 Å². The van der Waals surface area contributed by atoms with Crippen molar-refractivity contribution in [1.29, 1.82) is 0 Å². The molecule has 1 amide bonds. The molecule has 6 heteroatoms. The van der Waals surface area contributed by atoms with Crippen molar-refractivity contribution < 1.29 is 18.0 Å². The number of carbonyl (C=O) groups excluding carboxylic acids is 1. The number of rotatable bonds is 2. The van der Waals surface area contributed by atoms with Gasteiger partial charge in [0.25, 0.3) is 5.91 Å².